The zero-order valence-corrected chi connectivity index (χ0v) is 8.27. The van der Waals surface area contributed by atoms with Crippen LogP contribution in [0.5, 0.6) is 0 Å². The van der Waals surface area contributed by atoms with E-state index in [0.29, 0.717) is 11.7 Å². The Balaban J connectivity index is 2.71. The smallest absolute Gasteiger partial charge is 0.404 e. The van der Waals surface area contributed by atoms with Gasteiger partial charge in [-0.15, -0.1) is 0 Å². The predicted octanol–water partition coefficient (Wildman–Crippen LogP) is 2.23. The highest BCUT2D eigenvalue weighted by atomic mass is 16.6. The topological polar surface area (TPSA) is 82.3 Å². The van der Waals surface area contributed by atoms with Gasteiger partial charge < -0.3 is 10.2 Å². The number of hydrogen-bond acceptors (Lipinski definition) is 4. The molecule has 0 bridgehead atoms. The second-order valence-electron chi connectivity index (χ2n) is 3.67. The molecule has 5 heteroatoms. The van der Waals surface area contributed by atoms with Crippen molar-refractivity contribution in [1.29, 1.82) is 0 Å². The lowest BCUT2D eigenvalue weighted by Crippen LogP contribution is -2.11. The van der Waals surface area contributed by atoms with Crippen molar-refractivity contribution in [3.63, 3.8) is 0 Å². The third-order valence-electron chi connectivity index (χ3n) is 1.88. The van der Waals surface area contributed by atoms with E-state index in [0.717, 1.165) is 6.42 Å². The van der Waals surface area contributed by atoms with Gasteiger partial charge in [-0.3, -0.25) is 10.1 Å². The van der Waals surface area contributed by atoms with E-state index in [1.165, 1.54) is 6.07 Å². The first-order chi connectivity index (χ1) is 6.50. The lowest BCUT2D eigenvalue weighted by molar-refractivity contribution is -0.402. The molecule has 0 saturated heterocycles. The molecule has 1 aromatic heterocycles. The van der Waals surface area contributed by atoms with Crippen LogP contribution in [-0.2, 0) is 0 Å². The molecule has 2 N–H and O–H groups in total. The van der Waals surface area contributed by atoms with E-state index in [1.54, 1.807) is 6.07 Å². The molecule has 0 amide bonds. The van der Waals surface area contributed by atoms with Crippen LogP contribution in [-0.4, -0.2) is 4.92 Å². The fraction of sp³-hybridized carbons (Fsp3) is 0.556. The third-order valence-corrected chi connectivity index (χ3v) is 1.88. The van der Waals surface area contributed by atoms with Gasteiger partial charge in [-0.05, 0) is 18.4 Å². The maximum absolute atomic E-state index is 10.3. The summed E-state index contributed by atoms with van der Waals surface area (Å²) in [6.07, 6.45) is 0.755. The highest BCUT2D eigenvalue weighted by Gasteiger charge is 2.17. The van der Waals surface area contributed by atoms with Gasteiger partial charge in [0.15, 0.2) is 0 Å². The maximum atomic E-state index is 10.3. The minimum absolute atomic E-state index is 0.251. The molecule has 0 aliphatic rings. The van der Waals surface area contributed by atoms with Crippen molar-refractivity contribution in [2.45, 2.75) is 26.3 Å². The van der Waals surface area contributed by atoms with Crippen LogP contribution in [0, 0.1) is 16.0 Å². The van der Waals surface area contributed by atoms with E-state index in [9.17, 15) is 10.1 Å². The lowest BCUT2D eigenvalue weighted by Gasteiger charge is -2.10. The molecule has 14 heavy (non-hydrogen) atoms. The molecule has 0 aromatic carbocycles. The lowest BCUT2D eigenvalue weighted by atomic mass is 10.0. The highest BCUT2D eigenvalue weighted by molar-refractivity contribution is 5.19. The molecule has 0 spiro atoms. The summed E-state index contributed by atoms with van der Waals surface area (Å²) in [6.45, 7) is 4.08. The van der Waals surface area contributed by atoms with Crippen LogP contribution >= 0.6 is 0 Å². The maximum Gasteiger partial charge on any atom is 0.433 e. The first-order valence-electron chi connectivity index (χ1n) is 4.50. The fourth-order valence-corrected chi connectivity index (χ4v) is 1.26. The minimum atomic E-state index is -0.564. The van der Waals surface area contributed by atoms with Crippen LogP contribution in [0.3, 0.4) is 0 Å². The molecule has 1 rings (SSSR count). The van der Waals surface area contributed by atoms with Crippen LogP contribution in [0.2, 0.25) is 0 Å². The number of nitrogens with two attached hydrogens (primary N) is 1. The zero-order chi connectivity index (χ0) is 10.7. The summed E-state index contributed by atoms with van der Waals surface area (Å²) in [5.41, 5.74) is 5.79. The summed E-state index contributed by atoms with van der Waals surface area (Å²) in [5.74, 6) is 0.666. The van der Waals surface area contributed by atoms with Gasteiger partial charge in [-0.25, -0.2) is 0 Å². The molecule has 78 valence electrons. The van der Waals surface area contributed by atoms with Gasteiger partial charge in [0.1, 0.15) is 10.7 Å². The first kappa shape index (κ1) is 10.7. The molecular weight excluding hydrogens is 184 g/mol. The summed E-state index contributed by atoms with van der Waals surface area (Å²) in [5, 5.41) is 10.3. The van der Waals surface area contributed by atoms with Gasteiger partial charge >= 0.3 is 5.88 Å². The third kappa shape index (κ3) is 2.56. The van der Waals surface area contributed by atoms with E-state index in [-0.39, 0.29) is 11.9 Å². The SMILES string of the molecule is CC(C)C[C@@H](N)c1ccc([N+](=O)[O-])o1. The largest absolute Gasteiger partial charge is 0.433 e. The summed E-state index contributed by atoms with van der Waals surface area (Å²) in [4.78, 5) is 9.77. The first-order valence-corrected chi connectivity index (χ1v) is 4.50. The normalized spacial score (nSPS) is 13.1. The van der Waals surface area contributed by atoms with Gasteiger partial charge in [0.2, 0.25) is 0 Å². The molecule has 0 saturated carbocycles. The number of furan rings is 1. The molecule has 1 heterocycles. The molecule has 0 radical (unpaired) electrons. The Kier molecular flexibility index (Phi) is 3.24. The molecule has 0 aliphatic heterocycles. The minimum Gasteiger partial charge on any atom is -0.404 e. The molecule has 0 fully saturated rings. The van der Waals surface area contributed by atoms with E-state index >= 15 is 0 Å². The van der Waals surface area contributed by atoms with Crippen molar-refractivity contribution >= 4 is 5.88 Å². The van der Waals surface area contributed by atoms with Gasteiger partial charge in [0, 0.05) is 0 Å². The Hall–Kier alpha value is -1.36. The van der Waals surface area contributed by atoms with Crippen LogP contribution in [0.15, 0.2) is 16.5 Å². The summed E-state index contributed by atoms with van der Waals surface area (Å²) < 4.78 is 4.98. The molecule has 5 nitrogen and oxygen atoms in total. The molecule has 1 aromatic rings. The highest BCUT2D eigenvalue weighted by Crippen LogP contribution is 2.24. The number of rotatable bonds is 4. The molecular formula is C9H14N2O3. The van der Waals surface area contributed by atoms with Crippen molar-refractivity contribution in [2.24, 2.45) is 11.7 Å². The van der Waals surface area contributed by atoms with Crippen molar-refractivity contribution < 1.29 is 9.34 Å². The van der Waals surface area contributed by atoms with Gasteiger partial charge in [0.25, 0.3) is 0 Å². The second kappa shape index (κ2) is 4.23. The predicted molar refractivity (Wildman–Crippen MR) is 51.7 cm³/mol. The average molecular weight is 198 g/mol. The van der Waals surface area contributed by atoms with Crippen molar-refractivity contribution in [3.05, 3.63) is 28.0 Å². The van der Waals surface area contributed by atoms with Gasteiger partial charge in [-0.2, -0.15) is 0 Å². The standard InChI is InChI=1S/C9H14N2O3/c1-6(2)5-7(10)8-3-4-9(14-8)11(12)13/h3-4,6-7H,5,10H2,1-2H3/t7-/m1/s1. The number of hydrogen-bond donors (Lipinski definition) is 1. The number of nitrogens with zero attached hydrogens (tertiary/aromatic N) is 1. The Morgan fingerprint density at radius 3 is 2.64 bits per heavy atom. The van der Waals surface area contributed by atoms with Gasteiger partial charge in [-0.1, -0.05) is 13.8 Å². The second-order valence-corrected chi connectivity index (χ2v) is 3.67. The van der Waals surface area contributed by atoms with E-state index < -0.39 is 4.92 Å². The van der Waals surface area contributed by atoms with Crippen LogP contribution in [0.25, 0.3) is 0 Å². The van der Waals surface area contributed by atoms with E-state index in [4.69, 9.17) is 10.2 Å². The molecule has 0 unspecified atom stereocenters. The molecule has 1 atom stereocenters. The van der Waals surface area contributed by atoms with Gasteiger partial charge in [0.05, 0.1) is 12.1 Å². The Morgan fingerprint density at radius 2 is 2.21 bits per heavy atom. The van der Waals surface area contributed by atoms with Crippen molar-refractivity contribution in [2.75, 3.05) is 0 Å². The Labute approximate surface area is 82.0 Å². The monoisotopic (exact) mass is 198 g/mol. The van der Waals surface area contributed by atoms with E-state index in [2.05, 4.69) is 0 Å². The summed E-state index contributed by atoms with van der Waals surface area (Å²) >= 11 is 0. The van der Waals surface area contributed by atoms with E-state index in [1.807, 2.05) is 13.8 Å². The quantitative estimate of drug-likeness (QED) is 0.594. The number of nitro groups is 1. The average Bonchev–Trinajstić information content (AvgIpc) is 2.50. The fourth-order valence-electron chi connectivity index (χ4n) is 1.26. The van der Waals surface area contributed by atoms with Crippen LogP contribution in [0.4, 0.5) is 5.88 Å². The zero-order valence-electron chi connectivity index (χ0n) is 8.27. The Bertz CT molecular complexity index is 320. The van der Waals surface area contributed by atoms with Crippen LogP contribution < -0.4 is 5.73 Å². The summed E-state index contributed by atoms with van der Waals surface area (Å²) in [7, 11) is 0. The van der Waals surface area contributed by atoms with Crippen molar-refractivity contribution in [1.82, 2.24) is 0 Å². The van der Waals surface area contributed by atoms with Crippen LogP contribution in [0.1, 0.15) is 32.1 Å². The summed E-state index contributed by atoms with van der Waals surface area (Å²) in [6, 6.07) is 2.63. The Morgan fingerprint density at radius 1 is 1.57 bits per heavy atom. The molecule has 0 aliphatic carbocycles. The van der Waals surface area contributed by atoms with Crippen molar-refractivity contribution in [3.8, 4) is 0 Å².